The second-order valence-electron chi connectivity index (χ2n) is 2.93. The zero-order chi connectivity index (χ0) is 11.2. The summed E-state index contributed by atoms with van der Waals surface area (Å²) < 4.78 is 4.68. The topological polar surface area (TPSA) is 83.8 Å². The Bertz CT molecular complexity index is 213. The first-order valence-electron chi connectivity index (χ1n) is 4.56. The third kappa shape index (κ3) is 2.45. The molecule has 0 aliphatic heterocycles. The van der Waals surface area contributed by atoms with Gasteiger partial charge in [0, 0.05) is 6.61 Å². The fourth-order valence-electron chi connectivity index (χ4n) is 1.23. The van der Waals surface area contributed by atoms with Crippen LogP contribution in [0.1, 0.15) is 26.7 Å². The van der Waals surface area contributed by atoms with Crippen LogP contribution in [0.25, 0.3) is 0 Å². The average Bonchev–Trinajstić information content (AvgIpc) is 2.14. The van der Waals surface area contributed by atoms with Gasteiger partial charge in [-0.3, -0.25) is 9.59 Å². The van der Waals surface area contributed by atoms with Gasteiger partial charge in [-0.15, -0.1) is 0 Å². The number of hydrogen-bond donors (Lipinski definition) is 2. The maximum atomic E-state index is 11.4. The van der Waals surface area contributed by atoms with Crippen LogP contribution in [0, 0.1) is 5.41 Å². The van der Waals surface area contributed by atoms with Gasteiger partial charge in [0.05, 0.1) is 6.61 Å². The molecule has 0 radical (unpaired) electrons. The largest absolute Gasteiger partial charge is 0.480 e. The number of carbonyl (C=O) groups is 2. The summed E-state index contributed by atoms with van der Waals surface area (Å²) in [4.78, 5) is 22.4. The van der Waals surface area contributed by atoms with Crippen LogP contribution < -0.4 is 0 Å². The van der Waals surface area contributed by atoms with Gasteiger partial charge < -0.3 is 14.9 Å². The number of carboxylic acid groups (broad SMARTS) is 1. The first-order chi connectivity index (χ1) is 6.55. The molecule has 82 valence electrons. The second kappa shape index (κ2) is 5.59. The molecule has 0 aliphatic carbocycles. The van der Waals surface area contributed by atoms with Crippen LogP contribution >= 0.6 is 0 Å². The fourth-order valence-corrected chi connectivity index (χ4v) is 1.23. The van der Waals surface area contributed by atoms with E-state index in [4.69, 9.17) is 10.2 Å². The van der Waals surface area contributed by atoms with Crippen molar-refractivity contribution in [2.75, 3.05) is 13.2 Å². The van der Waals surface area contributed by atoms with Crippen LogP contribution in [0.15, 0.2) is 0 Å². The number of aliphatic carboxylic acids is 1. The Kier molecular flexibility index (Phi) is 5.15. The molecule has 0 spiro atoms. The van der Waals surface area contributed by atoms with Gasteiger partial charge in [0.25, 0.3) is 0 Å². The van der Waals surface area contributed by atoms with Crippen molar-refractivity contribution < 1.29 is 24.5 Å². The van der Waals surface area contributed by atoms with E-state index in [9.17, 15) is 9.59 Å². The third-order valence-corrected chi connectivity index (χ3v) is 2.22. The molecule has 1 atom stereocenters. The van der Waals surface area contributed by atoms with Gasteiger partial charge in [0.2, 0.25) is 0 Å². The first kappa shape index (κ1) is 12.9. The molecule has 5 nitrogen and oxygen atoms in total. The lowest BCUT2D eigenvalue weighted by atomic mass is 9.82. The smallest absolute Gasteiger partial charge is 0.323 e. The molecule has 14 heavy (non-hydrogen) atoms. The Labute approximate surface area is 82.7 Å². The van der Waals surface area contributed by atoms with E-state index < -0.39 is 17.4 Å². The highest BCUT2D eigenvalue weighted by Gasteiger charge is 2.45. The molecule has 1 unspecified atom stereocenters. The second-order valence-corrected chi connectivity index (χ2v) is 2.93. The molecule has 0 fully saturated rings. The highest BCUT2D eigenvalue weighted by molar-refractivity contribution is 5.99. The summed E-state index contributed by atoms with van der Waals surface area (Å²) in [7, 11) is 0. The molecule has 0 heterocycles. The summed E-state index contributed by atoms with van der Waals surface area (Å²) in [5.41, 5.74) is -1.59. The minimum atomic E-state index is -1.59. The summed E-state index contributed by atoms with van der Waals surface area (Å²) in [6.45, 7) is 2.98. The molecule has 0 aromatic carbocycles. The maximum absolute atomic E-state index is 11.4. The van der Waals surface area contributed by atoms with Crippen molar-refractivity contribution in [1.29, 1.82) is 0 Å². The molecule has 0 aromatic heterocycles. The summed E-state index contributed by atoms with van der Waals surface area (Å²) in [5.74, 6) is -2.02. The maximum Gasteiger partial charge on any atom is 0.323 e. The zero-order valence-corrected chi connectivity index (χ0v) is 8.45. The lowest BCUT2D eigenvalue weighted by molar-refractivity contribution is -0.170. The monoisotopic (exact) mass is 204 g/mol. The van der Waals surface area contributed by atoms with Crippen molar-refractivity contribution in [3.8, 4) is 0 Å². The van der Waals surface area contributed by atoms with Crippen molar-refractivity contribution in [2.24, 2.45) is 5.41 Å². The van der Waals surface area contributed by atoms with E-state index in [1.807, 2.05) is 0 Å². The van der Waals surface area contributed by atoms with Crippen LogP contribution in [0.5, 0.6) is 0 Å². The van der Waals surface area contributed by atoms with E-state index in [2.05, 4.69) is 4.74 Å². The highest BCUT2D eigenvalue weighted by atomic mass is 16.5. The Balaban J connectivity index is 4.82. The van der Waals surface area contributed by atoms with Crippen LogP contribution in [0.2, 0.25) is 0 Å². The summed E-state index contributed by atoms with van der Waals surface area (Å²) in [5, 5.41) is 17.7. The van der Waals surface area contributed by atoms with Crippen molar-refractivity contribution in [1.82, 2.24) is 0 Å². The number of aliphatic hydroxyl groups excluding tert-OH is 1. The van der Waals surface area contributed by atoms with Gasteiger partial charge in [-0.25, -0.2) is 0 Å². The molecule has 0 amide bonds. The minimum Gasteiger partial charge on any atom is -0.480 e. The van der Waals surface area contributed by atoms with Crippen molar-refractivity contribution >= 4 is 11.9 Å². The van der Waals surface area contributed by atoms with E-state index >= 15 is 0 Å². The van der Waals surface area contributed by atoms with E-state index in [0.717, 1.165) is 0 Å². The summed E-state index contributed by atoms with van der Waals surface area (Å²) in [6, 6.07) is 0. The lowest BCUT2D eigenvalue weighted by Crippen LogP contribution is -2.41. The highest BCUT2D eigenvalue weighted by Crippen LogP contribution is 2.28. The average molecular weight is 204 g/mol. The summed E-state index contributed by atoms with van der Waals surface area (Å²) >= 11 is 0. The van der Waals surface area contributed by atoms with Crippen LogP contribution in [0.3, 0.4) is 0 Å². The molecule has 5 heteroatoms. The molecule has 0 bridgehead atoms. The van der Waals surface area contributed by atoms with E-state index in [0.29, 0.717) is 0 Å². The number of carboxylic acids is 1. The number of rotatable bonds is 6. The molecule has 0 aliphatic rings. The van der Waals surface area contributed by atoms with Crippen LogP contribution in [-0.2, 0) is 14.3 Å². The minimum absolute atomic E-state index is 0.113. The molecule has 0 saturated carbocycles. The predicted molar refractivity (Wildman–Crippen MR) is 48.7 cm³/mol. The Morgan fingerprint density at radius 2 is 1.93 bits per heavy atom. The van der Waals surface area contributed by atoms with E-state index in [-0.39, 0.29) is 26.1 Å². The van der Waals surface area contributed by atoms with Gasteiger partial charge >= 0.3 is 11.9 Å². The molecular formula is C9H16O5. The number of carbonyl (C=O) groups excluding carboxylic acids is 1. The predicted octanol–water partition coefficient (Wildman–Crippen LogP) is 0.413. The Hall–Kier alpha value is -1.10. The molecule has 0 rings (SSSR count). The Morgan fingerprint density at radius 3 is 2.21 bits per heavy atom. The van der Waals surface area contributed by atoms with Crippen molar-refractivity contribution in [3.63, 3.8) is 0 Å². The molecular weight excluding hydrogens is 188 g/mol. The van der Waals surface area contributed by atoms with Crippen molar-refractivity contribution in [3.05, 3.63) is 0 Å². The van der Waals surface area contributed by atoms with E-state index in [1.165, 1.54) is 0 Å². The normalized spacial score (nSPS) is 14.5. The SMILES string of the molecule is CCOC(=O)C(CC)(CCO)C(=O)O. The fraction of sp³-hybridized carbons (Fsp3) is 0.778. The van der Waals surface area contributed by atoms with Gasteiger partial charge in [-0.05, 0) is 19.8 Å². The zero-order valence-electron chi connectivity index (χ0n) is 8.45. The third-order valence-electron chi connectivity index (χ3n) is 2.22. The van der Waals surface area contributed by atoms with Gasteiger partial charge in [0.1, 0.15) is 0 Å². The molecule has 0 saturated heterocycles. The van der Waals surface area contributed by atoms with Crippen LogP contribution in [0.4, 0.5) is 0 Å². The van der Waals surface area contributed by atoms with Gasteiger partial charge in [-0.2, -0.15) is 0 Å². The van der Waals surface area contributed by atoms with E-state index in [1.54, 1.807) is 13.8 Å². The number of ether oxygens (including phenoxy) is 1. The van der Waals surface area contributed by atoms with Crippen molar-refractivity contribution in [2.45, 2.75) is 26.7 Å². The number of hydrogen-bond acceptors (Lipinski definition) is 4. The molecule has 2 N–H and O–H groups in total. The lowest BCUT2D eigenvalue weighted by Gasteiger charge is -2.24. The summed E-state index contributed by atoms with van der Waals surface area (Å²) in [6.07, 6.45) is -0.000602. The first-order valence-corrected chi connectivity index (χ1v) is 4.56. The van der Waals surface area contributed by atoms with Crippen LogP contribution in [-0.4, -0.2) is 35.4 Å². The molecule has 0 aromatic rings. The quantitative estimate of drug-likeness (QED) is 0.483. The standard InChI is InChI=1S/C9H16O5/c1-3-9(5-6-10,7(11)12)8(13)14-4-2/h10H,3-6H2,1-2H3,(H,11,12). The number of esters is 1. The number of aliphatic hydroxyl groups is 1. The van der Waals surface area contributed by atoms with Gasteiger partial charge in [-0.1, -0.05) is 6.92 Å². The van der Waals surface area contributed by atoms with Gasteiger partial charge in [0.15, 0.2) is 5.41 Å². The Morgan fingerprint density at radius 1 is 1.36 bits per heavy atom.